The van der Waals surface area contributed by atoms with Crippen LogP contribution in [-0.4, -0.2) is 36.3 Å². The first-order chi connectivity index (χ1) is 14.6. The lowest BCUT2D eigenvalue weighted by atomic mass is 10.0. The summed E-state index contributed by atoms with van der Waals surface area (Å²) in [6.45, 7) is 0.985. The van der Waals surface area contributed by atoms with Crippen molar-refractivity contribution in [1.29, 1.82) is 0 Å². The molecule has 0 bridgehead atoms. The van der Waals surface area contributed by atoms with Crippen LogP contribution in [0.1, 0.15) is 43.2 Å². The number of hydrogen-bond acceptors (Lipinski definition) is 4. The van der Waals surface area contributed by atoms with Crippen LogP contribution in [0, 0.1) is 11.7 Å². The van der Waals surface area contributed by atoms with Crippen molar-refractivity contribution in [3.63, 3.8) is 0 Å². The fourth-order valence-electron chi connectivity index (χ4n) is 4.24. The second kappa shape index (κ2) is 9.28. The van der Waals surface area contributed by atoms with Gasteiger partial charge >= 0.3 is 0 Å². The minimum atomic E-state index is -0.276. The molecule has 0 unspecified atom stereocenters. The van der Waals surface area contributed by atoms with Crippen LogP contribution in [0.25, 0.3) is 0 Å². The summed E-state index contributed by atoms with van der Waals surface area (Å²) in [6.07, 6.45) is 4.52. The van der Waals surface area contributed by atoms with Gasteiger partial charge in [-0.2, -0.15) is 0 Å². The lowest BCUT2D eigenvalue weighted by molar-refractivity contribution is -0.137. The first-order valence-corrected chi connectivity index (χ1v) is 10.5. The molecule has 1 atom stereocenters. The molecule has 0 N–H and O–H groups in total. The summed E-state index contributed by atoms with van der Waals surface area (Å²) in [7, 11) is 1.64. The van der Waals surface area contributed by atoms with Gasteiger partial charge in [0.25, 0.3) is 0 Å². The molecular weight excluding hydrogens is 383 g/mol. The van der Waals surface area contributed by atoms with Gasteiger partial charge in [0.1, 0.15) is 11.6 Å². The maximum Gasteiger partial charge on any atom is 0.226 e. The van der Waals surface area contributed by atoms with Gasteiger partial charge in [0.15, 0.2) is 6.10 Å². The average molecular weight is 410 g/mol. The lowest BCUT2D eigenvalue weighted by Gasteiger charge is -2.27. The topological polar surface area (TPSA) is 51.1 Å². The van der Waals surface area contributed by atoms with Crippen LogP contribution in [0.15, 0.2) is 53.7 Å². The molecule has 1 saturated carbocycles. The van der Waals surface area contributed by atoms with Gasteiger partial charge in [-0.1, -0.05) is 42.3 Å². The van der Waals surface area contributed by atoms with Gasteiger partial charge < -0.3 is 14.5 Å². The Morgan fingerprint density at radius 2 is 1.97 bits per heavy atom. The van der Waals surface area contributed by atoms with Gasteiger partial charge in [0.2, 0.25) is 5.91 Å². The molecule has 0 radical (unpaired) electrons. The summed E-state index contributed by atoms with van der Waals surface area (Å²) in [5.41, 5.74) is 2.66. The average Bonchev–Trinajstić information content (AvgIpc) is 3.46. The third-order valence-electron chi connectivity index (χ3n) is 5.86. The second-order valence-electron chi connectivity index (χ2n) is 8.03. The quantitative estimate of drug-likeness (QED) is 0.673. The van der Waals surface area contributed by atoms with E-state index in [1.165, 1.54) is 12.1 Å². The van der Waals surface area contributed by atoms with Crippen LogP contribution >= 0.6 is 0 Å². The zero-order valence-corrected chi connectivity index (χ0v) is 17.2. The highest BCUT2D eigenvalue weighted by molar-refractivity contribution is 6.01. The van der Waals surface area contributed by atoms with Crippen LogP contribution < -0.4 is 4.74 Å². The zero-order chi connectivity index (χ0) is 20.9. The fraction of sp³-hybridized carbons (Fsp3) is 0.417. The van der Waals surface area contributed by atoms with Gasteiger partial charge in [-0.15, -0.1) is 0 Å². The molecule has 0 saturated heterocycles. The molecule has 5 nitrogen and oxygen atoms in total. The summed E-state index contributed by atoms with van der Waals surface area (Å²) in [6, 6.07) is 14.1. The third-order valence-corrected chi connectivity index (χ3v) is 5.86. The Hall–Kier alpha value is -2.89. The van der Waals surface area contributed by atoms with E-state index >= 15 is 0 Å². The molecule has 1 amide bonds. The van der Waals surface area contributed by atoms with Crippen molar-refractivity contribution in [3.8, 4) is 5.75 Å². The highest BCUT2D eigenvalue weighted by Crippen LogP contribution is 2.28. The molecule has 1 aliphatic carbocycles. The number of hydrogen-bond donors (Lipinski definition) is 0. The van der Waals surface area contributed by atoms with Crippen LogP contribution in [0.5, 0.6) is 5.75 Å². The number of nitrogens with zero attached hydrogens (tertiary/aromatic N) is 2. The summed E-state index contributed by atoms with van der Waals surface area (Å²) in [4.78, 5) is 20.8. The minimum absolute atomic E-state index is 0.0921. The van der Waals surface area contributed by atoms with E-state index in [4.69, 9.17) is 9.57 Å². The maximum absolute atomic E-state index is 13.2. The largest absolute Gasteiger partial charge is 0.497 e. The lowest BCUT2D eigenvalue weighted by Crippen LogP contribution is -2.40. The van der Waals surface area contributed by atoms with Crippen LogP contribution in [-0.2, 0) is 16.2 Å². The molecule has 1 fully saturated rings. The predicted octanol–water partition coefficient (Wildman–Crippen LogP) is 4.55. The molecule has 0 aromatic heterocycles. The van der Waals surface area contributed by atoms with Crippen LogP contribution in [0.3, 0.4) is 0 Å². The Morgan fingerprint density at radius 1 is 1.20 bits per heavy atom. The number of methoxy groups -OCH3 is 1. The minimum Gasteiger partial charge on any atom is -0.497 e. The smallest absolute Gasteiger partial charge is 0.226 e. The highest BCUT2D eigenvalue weighted by atomic mass is 19.1. The standard InChI is InChI=1S/C24H27FN2O3/c1-29-21-8-4-5-17(13-21)15-27(24(28)19-6-2-3-7-19)16-22-14-23(26-30-22)18-9-11-20(25)12-10-18/h4-5,8-13,19,22H,2-3,6-7,14-16H2,1H3/t22-/m1/s1. The fourth-order valence-corrected chi connectivity index (χ4v) is 4.24. The Bertz CT molecular complexity index is 907. The van der Waals surface area contributed by atoms with Gasteiger partial charge in [-0.05, 0) is 48.2 Å². The number of benzene rings is 2. The maximum atomic E-state index is 13.2. The van der Waals surface area contributed by atoms with E-state index in [0.717, 1.165) is 48.3 Å². The van der Waals surface area contributed by atoms with Crippen molar-refractivity contribution < 1.29 is 18.8 Å². The number of halogens is 1. The predicted molar refractivity (Wildman–Crippen MR) is 113 cm³/mol. The van der Waals surface area contributed by atoms with E-state index in [2.05, 4.69) is 5.16 Å². The molecule has 1 heterocycles. The van der Waals surface area contributed by atoms with Crippen molar-refractivity contribution in [1.82, 2.24) is 4.90 Å². The van der Waals surface area contributed by atoms with Crippen molar-refractivity contribution in [2.75, 3.05) is 13.7 Å². The Balaban J connectivity index is 1.45. The number of amides is 1. The first kappa shape index (κ1) is 20.4. The number of carbonyl (C=O) groups is 1. The van der Waals surface area contributed by atoms with Gasteiger partial charge in [0, 0.05) is 18.9 Å². The summed E-state index contributed by atoms with van der Waals surface area (Å²) >= 11 is 0. The van der Waals surface area contributed by atoms with E-state index in [1.807, 2.05) is 29.2 Å². The molecular formula is C24H27FN2O3. The molecule has 158 valence electrons. The monoisotopic (exact) mass is 410 g/mol. The van der Waals surface area contributed by atoms with E-state index in [0.29, 0.717) is 19.5 Å². The summed E-state index contributed by atoms with van der Waals surface area (Å²) < 4.78 is 18.5. The molecule has 2 aliphatic rings. The third kappa shape index (κ3) is 4.81. The second-order valence-corrected chi connectivity index (χ2v) is 8.03. The Kier molecular flexibility index (Phi) is 6.31. The first-order valence-electron chi connectivity index (χ1n) is 10.5. The molecule has 1 aliphatic heterocycles. The number of carbonyl (C=O) groups excluding carboxylic acids is 1. The highest BCUT2D eigenvalue weighted by Gasteiger charge is 2.31. The molecule has 2 aromatic rings. The summed E-state index contributed by atoms with van der Waals surface area (Å²) in [5.74, 6) is 0.782. The van der Waals surface area contributed by atoms with E-state index < -0.39 is 0 Å². The Labute approximate surface area is 176 Å². The van der Waals surface area contributed by atoms with Gasteiger partial charge in [-0.25, -0.2) is 4.39 Å². The van der Waals surface area contributed by atoms with E-state index in [9.17, 15) is 9.18 Å². The molecule has 6 heteroatoms. The molecule has 0 spiro atoms. The van der Waals surface area contributed by atoms with Crippen molar-refractivity contribution in [2.24, 2.45) is 11.1 Å². The molecule has 4 rings (SSSR count). The number of rotatable bonds is 7. The van der Waals surface area contributed by atoms with E-state index in [-0.39, 0.29) is 23.7 Å². The van der Waals surface area contributed by atoms with Crippen LogP contribution in [0.4, 0.5) is 4.39 Å². The van der Waals surface area contributed by atoms with Crippen LogP contribution in [0.2, 0.25) is 0 Å². The van der Waals surface area contributed by atoms with Gasteiger partial charge in [-0.3, -0.25) is 4.79 Å². The SMILES string of the molecule is COc1cccc(CN(C[C@H]2CC(c3ccc(F)cc3)=NO2)C(=O)C2CCCC2)c1. The van der Waals surface area contributed by atoms with Crippen molar-refractivity contribution in [3.05, 3.63) is 65.5 Å². The zero-order valence-electron chi connectivity index (χ0n) is 17.2. The number of ether oxygens (including phenoxy) is 1. The molecule has 2 aromatic carbocycles. The van der Waals surface area contributed by atoms with E-state index in [1.54, 1.807) is 19.2 Å². The summed E-state index contributed by atoms with van der Waals surface area (Å²) in [5, 5.41) is 4.20. The Morgan fingerprint density at radius 3 is 2.70 bits per heavy atom. The van der Waals surface area contributed by atoms with Gasteiger partial charge in [0.05, 0.1) is 19.4 Å². The number of oxime groups is 1. The molecule has 30 heavy (non-hydrogen) atoms. The van der Waals surface area contributed by atoms with Crippen molar-refractivity contribution >= 4 is 11.6 Å². The normalized spacial score (nSPS) is 18.7. The van der Waals surface area contributed by atoms with Crippen molar-refractivity contribution in [2.45, 2.75) is 44.8 Å².